The Morgan fingerprint density at radius 1 is 1.32 bits per heavy atom. The van der Waals surface area contributed by atoms with E-state index in [1.807, 2.05) is 0 Å². The van der Waals surface area contributed by atoms with Crippen molar-refractivity contribution in [2.24, 2.45) is 0 Å². The van der Waals surface area contributed by atoms with Gasteiger partial charge in [0.25, 0.3) is 5.91 Å². The van der Waals surface area contributed by atoms with Crippen LogP contribution in [0.15, 0.2) is 30.6 Å². The summed E-state index contributed by atoms with van der Waals surface area (Å²) >= 11 is 5.89. The number of aromatic nitrogens is 2. The van der Waals surface area contributed by atoms with Gasteiger partial charge in [-0.15, -0.1) is 0 Å². The van der Waals surface area contributed by atoms with Crippen molar-refractivity contribution >= 4 is 23.2 Å². The molecule has 0 aliphatic heterocycles. The first-order valence-electron chi connectivity index (χ1n) is 5.53. The monoisotopic (exact) mass is 277 g/mol. The predicted octanol–water partition coefficient (Wildman–Crippen LogP) is 2.70. The molecule has 0 saturated carbocycles. The van der Waals surface area contributed by atoms with Crippen molar-refractivity contribution < 1.29 is 9.53 Å². The maximum Gasteiger partial charge on any atom is 0.258 e. The second-order valence-electron chi connectivity index (χ2n) is 3.82. The van der Waals surface area contributed by atoms with E-state index in [4.69, 9.17) is 16.3 Å². The molecule has 0 bridgehead atoms. The number of methoxy groups -OCH3 is 1. The topological polar surface area (TPSA) is 64.1 Å². The molecule has 0 spiro atoms. The molecule has 2 aromatic rings. The number of aryl methyl sites for hydroxylation is 1. The summed E-state index contributed by atoms with van der Waals surface area (Å²) in [7, 11) is 1.52. The molecule has 0 aliphatic rings. The van der Waals surface area contributed by atoms with Gasteiger partial charge in [-0.3, -0.25) is 4.79 Å². The van der Waals surface area contributed by atoms with E-state index in [1.54, 1.807) is 25.1 Å². The minimum absolute atomic E-state index is 0.319. The quantitative estimate of drug-likeness (QED) is 0.937. The van der Waals surface area contributed by atoms with Crippen LogP contribution < -0.4 is 10.1 Å². The Bertz CT molecular complexity index is 599. The molecule has 1 aromatic heterocycles. The molecule has 1 N–H and O–H groups in total. The zero-order valence-electron chi connectivity index (χ0n) is 10.5. The lowest BCUT2D eigenvalue weighted by Crippen LogP contribution is -2.13. The third-order valence-electron chi connectivity index (χ3n) is 2.45. The van der Waals surface area contributed by atoms with Crippen LogP contribution in [0.2, 0.25) is 5.02 Å². The normalized spacial score (nSPS) is 10.1. The Balaban J connectivity index is 2.23. The SMILES string of the molecule is COc1ccc(Cl)cc1NC(=O)c1cnc(C)nc1. The van der Waals surface area contributed by atoms with Gasteiger partial charge in [-0.25, -0.2) is 9.97 Å². The van der Waals surface area contributed by atoms with Crippen molar-refractivity contribution in [3.05, 3.63) is 47.0 Å². The molecule has 1 amide bonds. The van der Waals surface area contributed by atoms with Gasteiger partial charge in [0.15, 0.2) is 0 Å². The molecule has 0 radical (unpaired) electrons. The van der Waals surface area contributed by atoms with Gasteiger partial charge in [0, 0.05) is 17.4 Å². The molecular weight excluding hydrogens is 266 g/mol. The number of halogens is 1. The van der Waals surface area contributed by atoms with Crippen LogP contribution in [0.5, 0.6) is 5.75 Å². The fourth-order valence-electron chi connectivity index (χ4n) is 1.48. The van der Waals surface area contributed by atoms with E-state index in [1.165, 1.54) is 19.5 Å². The highest BCUT2D eigenvalue weighted by Crippen LogP contribution is 2.27. The van der Waals surface area contributed by atoms with Crippen LogP contribution in [0.4, 0.5) is 5.69 Å². The third-order valence-corrected chi connectivity index (χ3v) is 2.69. The predicted molar refractivity (Wildman–Crippen MR) is 72.7 cm³/mol. The molecule has 0 aliphatic carbocycles. The molecule has 0 unspecified atom stereocenters. The van der Waals surface area contributed by atoms with Crippen LogP contribution in [-0.4, -0.2) is 23.0 Å². The average molecular weight is 278 g/mol. The lowest BCUT2D eigenvalue weighted by Gasteiger charge is -2.10. The van der Waals surface area contributed by atoms with Crippen molar-refractivity contribution in [1.82, 2.24) is 9.97 Å². The Morgan fingerprint density at radius 2 is 2.00 bits per heavy atom. The number of amides is 1. The molecule has 0 fully saturated rings. The summed E-state index contributed by atoms with van der Waals surface area (Å²) in [6, 6.07) is 4.99. The van der Waals surface area contributed by atoms with Crippen molar-refractivity contribution in [3.8, 4) is 5.75 Å². The lowest BCUT2D eigenvalue weighted by atomic mass is 10.2. The van der Waals surface area contributed by atoms with Crippen molar-refractivity contribution in [3.63, 3.8) is 0 Å². The number of carbonyl (C=O) groups is 1. The summed E-state index contributed by atoms with van der Waals surface area (Å²) < 4.78 is 5.15. The Hall–Kier alpha value is -2.14. The summed E-state index contributed by atoms with van der Waals surface area (Å²) in [6.45, 7) is 1.75. The van der Waals surface area contributed by atoms with Gasteiger partial charge in [0.2, 0.25) is 0 Å². The van der Waals surface area contributed by atoms with Crippen molar-refractivity contribution in [1.29, 1.82) is 0 Å². The number of anilines is 1. The highest BCUT2D eigenvalue weighted by atomic mass is 35.5. The standard InChI is InChI=1S/C13H12ClN3O2/c1-8-15-6-9(7-16-8)13(18)17-11-5-10(14)3-4-12(11)19-2/h3-7H,1-2H3,(H,17,18). The minimum Gasteiger partial charge on any atom is -0.495 e. The van der Waals surface area contributed by atoms with E-state index in [-0.39, 0.29) is 5.91 Å². The molecule has 19 heavy (non-hydrogen) atoms. The van der Waals surface area contributed by atoms with Crippen molar-refractivity contribution in [2.45, 2.75) is 6.92 Å². The third kappa shape index (κ3) is 3.20. The first-order chi connectivity index (χ1) is 9.10. The number of nitrogens with one attached hydrogen (secondary N) is 1. The van der Waals surface area contributed by atoms with Gasteiger partial charge in [-0.1, -0.05) is 11.6 Å². The van der Waals surface area contributed by atoms with Crippen LogP contribution in [-0.2, 0) is 0 Å². The second kappa shape index (κ2) is 5.67. The molecule has 1 heterocycles. The minimum atomic E-state index is -0.319. The van der Waals surface area contributed by atoms with Gasteiger partial charge in [0.1, 0.15) is 11.6 Å². The van der Waals surface area contributed by atoms with E-state index in [0.717, 1.165) is 0 Å². The van der Waals surface area contributed by atoms with E-state index >= 15 is 0 Å². The summed E-state index contributed by atoms with van der Waals surface area (Å²) in [5.74, 6) is 0.822. The summed E-state index contributed by atoms with van der Waals surface area (Å²) in [5, 5.41) is 3.22. The summed E-state index contributed by atoms with van der Waals surface area (Å²) in [4.78, 5) is 20.0. The number of ether oxygens (including phenoxy) is 1. The summed E-state index contributed by atoms with van der Waals surface area (Å²) in [5.41, 5.74) is 0.869. The zero-order chi connectivity index (χ0) is 13.8. The van der Waals surface area contributed by atoms with E-state index in [2.05, 4.69) is 15.3 Å². The highest BCUT2D eigenvalue weighted by Gasteiger charge is 2.11. The molecular formula is C13H12ClN3O2. The van der Waals surface area contributed by atoms with Crippen LogP contribution in [0.1, 0.15) is 16.2 Å². The first kappa shape index (κ1) is 13.3. The molecule has 6 heteroatoms. The number of hydrogen-bond donors (Lipinski definition) is 1. The zero-order valence-corrected chi connectivity index (χ0v) is 11.2. The van der Waals surface area contributed by atoms with Crippen molar-refractivity contribution in [2.75, 3.05) is 12.4 Å². The summed E-state index contributed by atoms with van der Waals surface area (Å²) in [6.07, 6.45) is 2.93. The fourth-order valence-corrected chi connectivity index (χ4v) is 1.65. The van der Waals surface area contributed by atoms with E-state index in [0.29, 0.717) is 27.8 Å². The van der Waals surface area contributed by atoms with Crippen LogP contribution in [0.25, 0.3) is 0 Å². The molecule has 2 rings (SSSR count). The first-order valence-corrected chi connectivity index (χ1v) is 5.91. The molecule has 98 valence electrons. The average Bonchev–Trinajstić information content (AvgIpc) is 2.39. The number of nitrogens with zero attached hydrogens (tertiary/aromatic N) is 2. The van der Waals surface area contributed by atoms with Gasteiger partial charge in [0.05, 0.1) is 18.4 Å². The maximum atomic E-state index is 12.0. The number of rotatable bonds is 3. The van der Waals surface area contributed by atoms with E-state index in [9.17, 15) is 4.79 Å². The second-order valence-corrected chi connectivity index (χ2v) is 4.25. The number of carbonyl (C=O) groups excluding carboxylic acids is 1. The number of benzene rings is 1. The maximum absolute atomic E-state index is 12.0. The van der Waals surface area contributed by atoms with Gasteiger partial charge in [-0.2, -0.15) is 0 Å². The Labute approximate surface area is 115 Å². The van der Waals surface area contributed by atoms with Gasteiger partial charge < -0.3 is 10.1 Å². The van der Waals surface area contributed by atoms with Crippen LogP contribution >= 0.6 is 11.6 Å². The fraction of sp³-hybridized carbons (Fsp3) is 0.154. The Morgan fingerprint density at radius 3 is 2.63 bits per heavy atom. The smallest absolute Gasteiger partial charge is 0.258 e. The van der Waals surface area contributed by atoms with Crippen LogP contribution in [0.3, 0.4) is 0 Å². The highest BCUT2D eigenvalue weighted by molar-refractivity contribution is 6.31. The molecule has 0 saturated heterocycles. The largest absolute Gasteiger partial charge is 0.495 e. The Kier molecular flexibility index (Phi) is 3.97. The molecule has 0 atom stereocenters. The van der Waals surface area contributed by atoms with Crippen LogP contribution in [0, 0.1) is 6.92 Å². The number of hydrogen-bond acceptors (Lipinski definition) is 4. The lowest BCUT2D eigenvalue weighted by molar-refractivity contribution is 0.102. The van der Waals surface area contributed by atoms with Gasteiger partial charge >= 0.3 is 0 Å². The van der Waals surface area contributed by atoms with Gasteiger partial charge in [-0.05, 0) is 25.1 Å². The molecule has 5 nitrogen and oxygen atoms in total. The van der Waals surface area contributed by atoms with E-state index < -0.39 is 0 Å². The molecule has 1 aromatic carbocycles.